The summed E-state index contributed by atoms with van der Waals surface area (Å²) in [5.74, 6) is -0.0299. The van der Waals surface area contributed by atoms with Gasteiger partial charge in [0.1, 0.15) is 22.9 Å². The molecule has 0 saturated carbocycles. The normalized spacial score (nSPS) is 11.7. The molecule has 0 heterocycles. The third-order valence-electron chi connectivity index (χ3n) is 4.30. The van der Waals surface area contributed by atoms with Crippen LogP contribution in [0, 0.1) is 0 Å². The number of para-hydroxylation sites is 1. The van der Waals surface area contributed by atoms with Crippen LogP contribution in [-0.2, 0) is 9.59 Å². The first-order chi connectivity index (χ1) is 15.8. The lowest BCUT2D eigenvalue weighted by Gasteiger charge is -2.21. The van der Waals surface area contributed by atoms with E-state index in [1.165, 1.54) is 33.3 Å². The van der Waals surface area contributed by atoms with Crippen LogP contribution in [-0.4, -0.2) is 45.2 Å². The van der Waals surface area contributed by atoms with Gasteiger partial charge in [-0.25, -0.2) is 4.42 Å². The fourth-order valence-electron chi connectivity index (χ4n) is 2.80. The van der Waals surface area contributed by atoms with E-state index in [0.717, 1.165) is 4.42 Å². The number of benzene rings is 2. The van der Waals surface area contributed by atoms with Crippen molar-refractivity contribution in [1.29, 1.82) is 0 Å². The van der Waals surface area contributed by atoms with Gasteiger partial charge in [0, 0.05) is 23.9 Å². The van der Waals surface area contributed by atoms with Crippen LogP contribution >= 0.6 is 23.4 Å². The Balaban J connectivity index is 2.42. The topological polar surface area (TPSA) is 99.0 Å². The summed E-state index contributed by atoms with van der Waals surface area (Å²) in [6, 6.07) is 6.38. The number of rotatable bonds is 11. The zero-order valence-electron chi connectivity index (χ0n) is 18.9. The van der Waals surface area contributed by atoms with Gasteiger partial charge in [0.15, 0.2) is 17.3 Å². The molecular weight excluding hydrogens is 473 g/mol. The van der Waals surface area contributed by atoms with Gasteiger partial charge in [-0.3, -0.25) is 9.59 Å². The predicted molar refractivity (Wildman–Crippen MR) is 126 cm³/mol. The summed E-state index contributed by atoms with van der Waals surface area (Å²) < 4.78 is 22.3. The van der Waals surface area contributed by atoms with Gasteiger partial charge in [0.25, 0.3) is 5.91 Å². The molecule has 1 unspecified atom stereocenters. The number of hydrogen-bond donors (Lipinski definition) is 0. The number of anilines is 1. The quantitative estimate of drug-likeness (QED) is 0.234. The number of carbonyl (C=O) groups is 2. The molecule has 2 rings (SSSR count). The number of ether oxygens (including phenoxy) is 4. The van der Waals surface area contributed by atoms with E-state index in [1.807, 2.05) is 13.8 Å². The first-order valence-electron chi connectivity index (χ1n) is 10.00. The molecule has 1 amide bonds. The van der Waals surface area contributed by atoms with Gasteiger partial charge in [-0.2, -0.15) is 10.2 Å². The summed E-state index contributed by atoms with van der Waals surface area (Å²) >= 11 is 12.6. The number of ketones is 1. The Labute approximate surface area is 202 Å². The van der Waals surface area contributed by atoms with E-state index in [2.05, 4.69) is 10.2 Å². The molecule has 0 aromatic heterocycles. The number of amides is 1. The van der Waals surface area contributed by atoms with Crippen molar-refractivity contribution >= 4 is 46.4 Å². The molecule has 0 saturated heterocycles. The first kappa shape index (κ1) is 26.2. The SMILES string of the molecule is CCOc1cc(Cl)c(N=NC(C(C)=O)C(=O)N(Cl)c2c(OC)cccc2OC)cc1OCC. The Morgan fingerprint density at radius 3 is 2.03 bits per heavy atom. The molecule has 2 aromatic rings. The van der Waals surface area contributed by atoms with E-state index < -0.39 is 17.7 Å². The number of methoxy groups -OCH3 is 2. The lowest BCUT2D eigenvalue weighted by molar-refractivity contribution is -0.126. The highest BCUT2D eigenvalue weighted by Crippen LogP contribution is 2.40. The fraction of sp³-hybridized carbons (Fsp3) is 0.364. The van der Waals surface area contributed by atoms with Crippen molar-refractivity contribution in [2.24, 2.45) is 10.2 Å². The number of nitrogens with zero attached hydrogens (tertiary/aromatic N) is 3. The van der Waals surface area contributed by atoms with E-state index in [4.69, 9.17) is 42.3 Å². The lowest BCUT2D eigenvalue weighted by atomic mass is 10.2. The Bertz CT molecular complexity index is 1010. The highest BCUT2D eigenvalue weighted by atomic mass is 35.5. The standard InChI is InChI=1S/C22H25Cl2N3O6/c1-6-32-18-11-14(23)15(12-19(18)33-7-2)25-26-20(13(3)28)22(29)27(24)21-16(30-4)9-8-10-17(21)31-5/h8-12,20H,6-7H2,1-5H3. The first-order valence-corrected chi connectivity index (χ1v) is 10.7. The molecule has 11 heteroatoms. The van der Waals surface area contributed by atoms with Crippen molar-refractivity contribution < 1.29 is 28.5 Å². The average Bonchev–Trinajstić information content (AvgIpc) is 2.80. The van der Waals surface area contributed by atoms with Crippen molar-refractivity contribution in [3.8, 4) is 23.0 Å². The third kappa shape index (κ3) is 6.27. The Morgan fingerprint density at radius 2 is 1.55 bits per heavy atom. The van der Waals surface area contributed by atoms with Gasteiger partial charge in [-0.05, 0) is 32.9 Å². The van der Waals surface area contributed by atoms with Gasteiger partial charge in [0.2, 0.25) is 6.04 Å². The van der Waals surface area contributed by atoms with Crippen LogP contribution < -0.4 is 23.4 Å². The highest BCUT2D eigenvalue weighted by molar-refractivity contribution is 6.40. The maximum absolute atomic E-state index is 13.1. The monoisotopic (exact) mass is 497 g/mol. The molecular formula is C22H25Cl2N3O6. The number of azo groups is 1. The van der Waals surface area contributed by atoms with Crippen molar-refractivity contribution in [2.45, 2.75) is 26.8 Å². The maximum atomic E-state index is 13.1. The number of halogens is 2. The highest BCUT2D eigenvalue weighted by Gasteiger charge is 2.32. The summed E-state index contributed by atoms with van der Waals surface area (Å²) in [7, 11) is 2.83. The maximum Gasteiger partial charge on any atom is 0.276 e. The summed E-state index contributed by atoms with van der Waals surface area (Å²) in [5.41, 5.74) is 0.326. The van der Waals surface area contributed by atoms with Crippen molar-refractivity contribution in [3.05, 3.63) is 35.4 Å². The van der Waals surface area contributed by atoms with Gasteiger partial charge in [0.05, 0.1) is 32.5 Å². The number of carbonyl (C=O) groups excluding carboxylic acids is 2. The molecule has 33 heavy (non-hydrogen) atoms. The minimum atomic E-state index is -1.53. The molecule has 0 fully saturated rings. The van der Waals surface area contributed by atoms with Crippen LogP contribution in [0.1, 0.15) is 20.8 Å². The number of Topliss-reactive ketones (excluding diaryl/α,β-unsaturated/α-hetero) is 1. The third-order valence-corrected chi connectivity index (χ3v) is 4.94. The second-order valence-electron chi connectivity index (χ2n) is 6.48. The fourth-order valence-corrected chi connectivity index (χ4v) is 3.26. The van der Waals surface area contributed by atoms with Gasteiger partial charge < -0.3 is 18.9 Å². The Hall–Kier alpha value is -3.04. The van der Waals surface area contributed by atoms with Crippen LogP contribution in [0.2, 0.25) is 5.02 Å². The molecule has 0 bridgehead atoms. The number of hydrogen-bond acceptors (Lipinski definition) is 8. The molecule has 9 nitrogen and oxygen atoms in total. The van der Waals surface area contributed by atoms with E-state index >= 15 is 0 Å². The predicted octanol–water partition coefficient (Wildman–Crippen LogP) is 5.38. The Kier molecular flexibility index (Phi) is 9.74. The van der Waals surface area contributed by atoms with Gasteiger partial charge in [-0.15, -0.1) is 0 Å². The van der Waals surface area contributed by atoms with Crippen LogP contribution in [0.5, 0.6) is 23.0 Å². The summed E-state index contributed by atoms with van der Waals surface area (Å²) in [6.45, 7) is 5.65. The van der Waals surface area contributed by atoms with E-state index in [0.29, 0.717) is 24.7 Å². The summed E-state index contributed by atoms with van der Waals surface area (Å²) in [5, 5.41) is 8.15. The van der Waals surface area contributed by atoms with Crippen LogP contribution in [0.25, 0.3) is 0 Å². The second kappa shape index (κ2) is 12.3. The van der Waals surface area contributed by atoms with E-state index in [-0.39, 0.29) is 27.9 Å². The summed E-state index contributed by atoms with van der Waals surface area (Å²) in [6.07, 6.45) is 0. The van der Waals surface area contributed by atoms with Crippen molar-refractivity contribution in [2.75, 3.05) is 31.9 Å². The molecule has 2 aromatic carbocycles. The van der Waals surface area contributed by atoms with Crippen molar-refractivity contribution in [3.63, 3.8) is 0 Å². The molecule has 0 aliphatic heterocycles. The van der Waals surface area contributed by atoms with Gasteiger partial charge >= 0.3 is 0 Å². The molecule has 0 aliphatic carbocycles. The molecule has 0 radical (unpaired) electrons. The van der Waals surface area contributed by atoms with E-state index in [1.54, 1.807) is 18.2 Å². The molecule has 0 N–H and O–H groups in total. The lowest BCUT2D eigenvalue weighted by Crippen LogP contribution is -2.36. The second-order valence-corrected chi connectivity index (χ2v) is 7.22. The van der Waals surface area contributed by atoms with Crippen LogP contribution in [0.3, 0.4) is 0 Å². The molecule has 0 aliphatic rings. The van der Waals surface area contributed by atoms with Crippen LogP contribution in [0.15, 0.2) is 40.6 Å². The smallest absolute Gasteiger partial charge is 0.276 e. The van der Waals surface area contributed by atoms with Gasteiger partial charge in [-0.1, -0.05) is 17.7 Å². The van der Waals surface area contributed by atoms with Crippen LogP contribution in [0.4, 0.5) is 11.4 Å². The average molecular weight is 498 g/mol. The molecule has 178 valence electrons. The van der Waals surface area contributed by atoms with Crippen molar-refractivity contribution in [1.82, 2.24) is 0 Å². The largest absolute Gasteiger partial charge is 0.494 e. The molecule has 0 spiro atoms. The minimum Gasteiger partial charge on any atom is -0.494 e. The summed E-state index contributed by atoms with van der Waals surface area (Å²) in [4.78, 5) is 25.3. The minimum absolute atomic E-state index is 0.133. The zero-order chi connectivity index (χ0) is 24.5. The zero-order valence-corrected chi connectivity index (χ0v) is 20.4. The van der Waals surface area contributed by atoms with E-state index in [9.17, 15) is 9.59 Å². The Morgan fingerprint density at radius 1 is 1.00 bits per heavy atom. The molecule has 1 atom stereocenters.